The van der Waals surface area contributed by atoms with Gasteiger partial charge in [-0.3, -0.25) is 9.78 Å². The molecule has 3 aromatic rings. The Hall–Kier alpha value is -3.14. The molecule has 0 N–H and O–H groups in total. The van der Waals surface area contributed by atoms with Gasteiger partial charge >= 0.3 is 0 Å². The SMILES string of the molecule is COc1cccc(Cc2cccc([C@@H]3CCCN3C(=O)Cc3ccccc3)n2)c1. The standard InChI is InChI=1S/C25H26N2O2/c1-29-22-12-5-10-20(17-22)16-21-11-6-13-23(26-21)24-14-7-15-27(24)25(28)18-19-8-3-2-4-9-19/h2-6,8-13,17,24H,7,14-16,18H2,1H3/t24-/m0/s1. The molecular weight excluding hydrogens is 360 g/mol. The van der Waals surface area contributed by atoms with E-state index in [0.717, 1.165) is 54.1 Å². The van der Waals surface area contributed by atoms with Crippen LogP contribution >= 0.6 is 0 Å². The fraction of sp³-hybridized carbons (Fsp3) is 0.280. The first kappa shape index (κ1) is 19.2. The first-order valence-electron chi connectivity index (χ1n) is 10.1. The Morgan fingerprint density at radius 2 is 1.83 bits per heavy atom. The van der Waals surface area contributed by atoms with Gasteiger partial charge in [0.2, 0.25) is 5.91 Å². The summed E-state index contributed by atoms with van der Waals surface area (Å²) in [6.07, 6.45) is 3.18. The number of hydrogen-bond donors (Lipinski definition) is 0. The molecule has 2 heterocycles. The lowest BCUT2D eigenvalue weighted by molar-refractivity contribution is -0.131. The number of amides is 1. The molecule has 1 aliphatic rings. The molecule has 0 aliphatic carbocycles. The van der Waals surface area contributed by atoms with E-state index in [0.29, 0.717) is 6.42 Å². The Balaban J connectivity index is 1.49. The molecule has 1 aromatic heterocycles. The molecule has 0 unspecified atom stereocenters. The highest BCUT2D eigenvalue weighted by atomic mass is 16.5. The molecule has 1 amide bonds. The molecular formula is C25H26N2O2. The van der Waals surface area contributed by atoms with Gasteiger partial charge in [-0.15, -0.1) is 0 Å². The highest BCUT2D eigenvalue weighted by molar-refractivity contribution is 5.79. The quantitative estimate of drug-likeness (QED) is 0.622. The van der Waals surface area contributed by atoms with Crippen molar-refractivity contribution in [1.29, 1.82) is 0 Å². The fourth-order valence-corrected chi connectivity index (χ4v) is 4.02. The van der Waals surface area contributed by atoms with Crippen LogP contribution in [-0.4, -0.2) is 29.4 Å². The Kier molecular flexibility index (Phi) is 5.89. The van der Waals surface area contributed by atoms with Gasteiger partial charge < -0.3 is 9.64 Å². The number of methoxy groups -OCH3 is 1. The largest absolute Gasteiger partial charge is 0.497 e. The highest BCUT2D eigenvalue weighted by Crippen LogP contribution is 2.31. The monoisotopic (exact) mass is 386 g/mol. The normalized spacial score (nSPS) is 16.0. The van der Waals surface area contributed by atoms with Crippen molar-refractivity contribution in [2.75, 3.05) is 13.7 Å². The number of aromatic nitrogens is 1. The maximum absolute atomic E-state index is 12.9. The zero-order chi connectivity index (χ0) is 20.1. The lowest BCUT2D eigenvalue weighted by atomic mass is 10.1. The van der Waals surface area contributed by atoms with Crippen LogP contribution < -0.4 is 4.74 Å². The zero-order valence-corrected chi connectivity index (χ0v) is 16.8. The fourth-order valence-electron chi connectivity index (χ4n) is 4.02. The van der Waals surface area contributed by atoms with Crippen LogP contribution in [0.1, 0.15) is 41.4 Å². The number of carbonyl (C=O) groups is 1. The van der Waals surface area contributed by atoms with Crippen molar-refractivity contribution in [2.45, 2.75) is 31.7 Å². The van der Waals surface area contributed by atoms with Crippen LogP contribution in [0.2, 0.25) is 0 Å². The van der Waals surface area contributed by atoms with Crippen LogP contribution in [0.15, 0.2) is 72.8 Å². The number of benzene rings is 2. The van der Waals surface area contributed by atoms with E-state index in [1.165, 1.54) is 0 Å². The molecule has 148 valence electrons. The number of likely N-dealkylation sites (tertiary alicyclic amines) is 1. The minimum Gasteiger partial charge on any atom is -0.497 e. The van der Waals surface area contributed by atoms with Crippen molar-refractivity contribution in [2.24, 2.45) is 0 Å². The summed E-state index contributed by atoms with van der Waals surface area (Å²) in [6, 6.07) is 24.2. The molecule has 0 bridgehead atoms. The summed E-state index contributed by atoms with van der Waals surface area (Å²) >= 11 is 0. The van der Waals surface area contributed by atoms with Gasteiger partial charge in [0.05, 0.1) is 25.3 Å². The maximum Gasteiger partial charge on any atom is 0.227 e. The summed E-state index contributed by atoms with van der Waals surface area (Å²) in [5, 5.41) is 0. The number of ether oxygens (including phenoxy) is 1. The van der Waals surface area contributed by atoms with E-state index in [1.807, 2.05) is 65.6 Å². The summed E-state index contributed by atoms with van der Waals surface area (Å²) in [6.45, 7) is 0.804. The van der Waals surface area contributed by atoms with Crippen molar-refractivity contribution < 1.29 is 9.53 Å². The molecule has 4 nitrogen and oxygen atoms in total. The van der Waals surface area contributed by atoms with E-state index >= 15 is 0 Å². The van der Waals surface area contributed by atoms with Gasteiger partial charge in [0, 0.05) is 18.7 Å². The predicted molar refractivity (Wildman–Crippen MR) is 114 cm³/mol. The third-order valence-corrected chi connectivity index (χ3v) is 5.46. The van der Waals surface area contributed by atoms with Crippen LogP contribution in [0.3, 0.4) is 0 Å². The van der Waals surface area contributed by atoms with Crippen molar-refractivity contribution in [3.8, 4) is 5.75 Å². The van der Waals surface area contributed by atoms with Crippen molar-refractivity contribution in [1.82, 2.24) is 9.88 Å². The minimum absolute atomic E-state index is 0.0662. The molecule has 0 saturated carbocycles. The third-order valence-electron chi connectivity index (χ3n) is 5.46. The van der Waals surface area contributed by atoms with Crippen molar-refractivity contribution in [3.63, 3.8) is 0 Å². The summed E-state index contributed by atoms with van der Waals surface area (Å²) in [4.78, 5) is 19.8. The number of hydrogen-bond acceptors (Lipinski definition) is 3. The smallest absolute Gasteiger partial charge is 0.227 e. The molecule has 1 saturated heterocycles. The van der Waals surface area contributed by atoms with E-state index < -0.39 is 0 Å². The van der Waals surface area contributed by atoms with E-state index in [2.05, 4.69) is 12.1 Å². The average Bonchev–Trinajstić information content (AvgIpc) is 3.25. The molecule has 1 fully saturated rings. The van der Waals surface area contributed by atoms with E-state index in [-0.39, 0.29) is 11.9 Å². The van der Waals surface area contributed by atoms with Gasteiger partial charge in [-0.05, 0) is 48.2 Å². The zero-order valence-electron chi connectivity index (χ0n) is 16.8. The summed E-state index contributed by atoms with van der Waals surface area (Å²) in [5.41, 5.74) is 4.22. The predicted octanol–water partition coefficient (Wildman–Crippen LogP) is 4.59. The topological polar surface area (TPSA) is 42.4 Å². The van der Waals surface area contributed by atoms with Crippen LogP contribution in [-0.2, 0) is 17.6 Å². The molecule has 0 spiro atoms. The van der Waals surface area contributed by atoms with E-state index in [1.54, 1.807) is 7.11 Å². The Labute approximate surface area is 172 Å². The van der Waals surface area contributed by atoms with Crippen molar-refractivity contribution in [3.05, 3.63) is 95.3 Å². The Morgan fingerprint density at radius 3 is 2.66 bits per heavy atom. The van der Waals surface area contributed by atoms with Crippen LogP contribution in [0.25, 0.3) is 0 Å². The number of carbonyl (C=O) groups excluding carboxylic acids is 1. The minimum atomic E-state index is 0.0662. The van der Waals surface area contributed by atoms with Gasteiger partial charge in [0.1, 0.15) is 5.75 Å². The van der Waals surface area contributed by atoms with Crippen LogP contribution in [0.4, 0.5) is 0 Å². The summed E-state index contributed by atoms with van der Waals surface area (Å²) in [5.74, 6) is 1.03. The van der Waals surface area contributed by atoms with Gasteiger partial charge in [0.15, 0.2) is 0 Å². The Morgan fingerprint density at radius 1 is 1.03 bits per heavy atom. The molecule has 2 aromatic carbocycles. The first-order chi connectivity index (χ1) is 14.2. The molecule has 0 radical (unpaired) electrons. The van der Waals surface area contributed by atoms with Gasteiger partial charge in [-0.2, -0.15) is 0 Å². The lowest BCUT2D eigenvalue weighted by Gasteiger charge is -2.25. The average molecular weight is 386 g/mol. The second-order valence-electron chi connectivity index (χ2n) is 7.49. The summed E-state index contributed by atoms with van der Waals surface area (Å²) < 4.78 is 5.32. The molecule has 4 heteroatoms. The van der Waals surface area contributed by atoms with Crippen LogP contribution in [0, 0.1) is 0 Å². The van der Waals surface area contributed by atoms with E-state index in [4.69, 9.17) is 9.72 Å². The molecule has 29 heavy (non-hydrogen) atoms. The van der Waals surface area contributed by atoms with Crippen LogP contribution in [0.5, 0.6) is 5.75 Å². The van der Waals surface area contributed by atoms with Crippen molar-refractivity contribution >= 4 is 5.91 Å². The van der Waals surface area contributed by atoms with Gasteiger partial charge in [-0.1, -0.05) is 48.5 Å². The summed E-state index contributed by atoms with van der Waals surface area (Å²) in [7, 11) is 1.68. The van der Waals surface area contributed by atoms with Gasteiger partial charge in [-0.25, -0.2) is 0 Å². The molecule has 4 rings (SSSR count). The number of pyridine rings is 1. The lowest BCUT2D eigenvalue weighted by Crippen LogP contribution is -2.32. The third kappa shape index (κ3) is 4.65. The maximum atomic E-state index is 12.9. The first-order valence-corrected chi connectivity index (χ1v) is 10.1. The Bertz CT molecular complexity index is 971. The van der Waals surface area contributed by atoms with E-state index in [9.17, 15) is 4.79 Å². The number of nitrogens with zero attached hydrogens (tertiary/aromatic N) is 2. The number of rotatable bonds is 6. The molecule has 1 aliphatic heterocycles. The molecule has 1 atom stereocenters. The second-order valence-corrected chi connectivity index (χ2v) is 7.49. The highest BCUT2D eigenvalue weighted by Gasteiger charge is 2.30. The van der Waals surface area contributed by atoms with Gasteiger partial charge in [0.25, 0.3) is 0 Å². The second kappa shape index (κ2) is 8.91.